The number of likely N-dealkylation sites (N-methyl/N-ethyl adjacent to an activating group) is 2. The van der Waals surface area contributed by atoms with Crippen molar-refractivity contribution in [3.05, 3.63) is 95.6 Å². The fourth-order valence-corrected chi connectivity index (χ4v) is 7.15. The zero-order valence-corrected chi connectivity index (χ0v) is 32.8. The number of aliphatic hydroxyl groups is 1. The monoisotopic (exact) mass is 778 g/mol. The zero-order chi connectivity index (χ0) is 41.6. The second-order valence-electron chi connectivity index (χ2n) is 15.0. The highest BCUT2D eigenvalue weighted by molar-refractivity contribution is 5.96. The molecule has 0 radical (unpaired) electrons. The van der Waals surface area contributed by atoms with Gasteiger partial charge >= 0.3 is 0 Å². The molecule has 57 heavy (non-hydrogen) atoms. The largest absolute Gasteiger partial charge is 0.507 e. The Hall–Kier alpha value is -6.08. The van der Waals surface area contributed by atoms with Crippen molar-refractivity contribution < 1.29 is 44.1 Å². The molecule has 13 heteroatoms. The Morgan fingerprint density at radius 1 is 0.825 bits per heavy atom. The maximum absolute atomic E-state index is 14.0. The molecule has 4 aromatic rings. The van der Waals surface area contributed by atoms with Crippen molar-refractivity contribution in [2.24, 2.45) is 5.92 Å². The van der Waals surface area contributed by atoms with Gasteiger partial charge in [0.2, 0.25) is 23.6 Å². The van der Waals surface area contributed by atoms with E-state index in [1.165, 1.54) is 50.2 Å². The average molecular weight is 779 g/mol. The minimum absolute atomic E-state index is 0.00878. The number of aromatic hydroxyl groups is 2. The van der Waals surface area contributed by atoms with E-state index in [0.717, 1.165) is 26.8 Å². The Bertz CT molecular complexity index is 2190. The quantitative estimate of drug-likeness (QED) is 0.150. The Balaban J connectivity index is 1.26. The molecule has 5 N–H and O–H groups in total. The maximum atomic E-state index is 14.0. The van der Waals surface area contributed by atoms with Crippen LogP contribution in [0.4, 0.5) is 0 Å². The molecule has 0 saturated carbocycles. The molecule has 0 aromatic heterocycles. The van der Waals surface area contributed by atoms with E-state index in [1.54, 1.807) is 19.1 Å². The topological polar surface area (TPSA) is 194 Å². The van der Waals surface area contributed by atoms with Gasteiger partial charge in [0.15, 0.2) is 11.6 Å². The third-order valence-electron chi connectivity index (χ3n) is 10.6. The van der Waals surface area contributed by atoms with Crippen molar-refractivity contribution in [3.8, 4) is 22.6 Å². The second-order valence-corrected chi connectivity index (χ2v) is 15.0. The van der Waals surface area contributed by atoms with Crippen LogP contribution >= 0.6 is 0 Å². The number of fused-ring (bicyclic) bond motifs is 6. The lowest BCUT2D eigenvalue weighted by molar-refractivity contribution is -0.141. The summed E-state index contributed by atoms with van der Waals surface area (Å²) in [6, 6.07) is 18.8. The minimum atomic E-state index is -1.27. The van der Waals surface area contributed by atoms with Crippen LogP contribution in [0.2, 0.25) is 0 Å². The molecule has 4 amide bonds. The van der Waals surface area contributed by atoms with Crippen molar-refractivity contribution in [2.75, 3.05) is 20.7 Å². The number of phenols is 2. The van der Waals surface area contributed by atoms with E-state index < -0.39 is 59.9 Å². The lowest BCUT2D eigenvalue weighted by atomic mass is 9.90. The van der Waals surface area contributed by atoms with Crippen LogP contribution in [-0.2, 0) is 41.6 Å². The molecule has 1 aliphatic heterocycles. The molecule has 0 saturated heterocycles. The summed E-state index contributed by atoms with van der Waals surface area (Å²) in [6.07, 6.45) is -0.406. The predicted octanol–water partition coefficient (Wildman–Crippen LogP) is 3.99. The molecule has 5 atom stereocenters. The van der Waals surface area contributed by atoms with Gasteiger partial charge in [-0.3, -0.25) is 28.8 Å². The number of benzene rings is 4. The number of ketones is 2. The molecule has 5 rings (SSSR count). The van der Waals surface area contributed by atoms with Crippen molar-refractivity contribution in [1.29, 1.82) is 0 Å². The summed E-state index contributed by atoms with van der Waals surface area (Å²) in [6.45, 7) is 4.20. The van der Waals surface area contributed by atoms with E-state index in [0.29, 0.717) is 17.5 Å². The van der Waals surface area contributed by atoms with E-state index >= 15 is 0 Å². The van der Waals surface area contributed by atoms with Crippen LogP contribution in [0.25, 0.3) is 21.9 Å². The van der Waals surface area contributed by atoms with Crippen LogP contribution in [0.5, 0.6) is 11.5 Å². The number of hydrogen-bond donors (Lipinski definition) is 5. The van der Waals surface area contributed by atoms with Crippen LogP contribution in [0.3, 0.4) is 0 Å². The highest BCUT2D eigenvalue weighted by Crippen LogP contribution is 2.39. The van der Waals surface area contributed by atoms with Gasteiger partial charge in [0, 0.05) is 56.4 Å². The number of hydrogen-bond acceptors (Lipinski definition) is 9. The predicted molar refractivity (Wildman–Crippen MR) is 214 cm³/mol. The highest BCUT2D eigenvalue weighted by atomic mass is 16.3. The fraction of sp³-hybridized carbons (Fsp3) is 0.364. The van der Waals surface area contributed by atoms with Gasteiger partial charge in [-0.15, -0.1) is 0 Å². The molecule has 13 nitrogen and oxygen atoms in total. The number of Topliss-reactive ketones (excluding diaryl/α,β-unsaturated/α-hetero) is 2. The van der Waals surface area contributed by atoms with E-state index in [9.17, 15) is 44.1 Å². The number of rotatable bonds is 11. The van der Waals surface area contributed by atoms with Crippen LogP contribution in [0, 0.1) is 5.92 Å². The standard InChI is InChI=1S/C44H50N4O9/c1-25-18-39(53)42(32-13-15-38(52)34(23-32)33-21-28(11-14-37(33)51)19-26(2)45-43(25)56)48(5)40(54)17-16-36(50)27(3)46-44(57)35(24-49)47(4)41(55)22-29-10-12-30-8-6-7-9-31(30)20-29/h6-15,20-21,23,25-27,35,42,49,51-52H,16-19,22,24H2,1-5H3,(H,45,56)(H,46,57)/t25-,26-,27-,35-,42+/m1/s1. The van der Waals surface area contributed by atoms with Crippen molar-refractivity contribution in [1.82, 2.24) is 20.4 Å². The number of carbonyl (C=O) groups excluding carboxylic acids is 6. The van der Waals surface area contributed by atoms with Gasteiger partial charge in [0.05, 0.1) is 19.1 Å². The first-order valence-electron chi connectivity index (χ1n) is 19.0. The number of nitrogens with one attached hydrogen (secondary N) is 2. The van der Waals surface area contributed by atoms with Gasteiger partial charge in [-0.2, -0.15) is 0 Å². The van der Waals surface area contributed by atoms with E-state index in [2.05, 4.69) is 10.6 Å². The lowest BCUT2D eigenvalue weighted by Crippen LogP contribution is -2.53. The molecular weight excluding hydrogens is 729 g/mol. The number of carbonyl (C=O) groups is 6. The van der Waals surface area contributed by atoms with E-state index in [1.807, 2.05) is 49.4 Å². The first kappa shape index (κ1) is 42.1. The third kappa shape index (κ3) is 10.0. The summed E-state index contributed by atoms with van der Waals surface area (Å²) in [7, 11) is 2.82. The number of nitrogens with zero attached hydrogens (tertiary/aromatic N) is 2. The molecule has 0 unspecified atom stereocenters. The van der Waals surface area contributed by atoms with Gasteiger partial charge in [-0.1, -0.05) is 61.5 Å². The molecular formula is C44H50N4O9. The van der Waals surface area contributed by atoms with Gasteiger partial charge in [-0.05, 0) is 72.0 Å². The molecule has 4 aromatic carbocycles. The molecule has 0 fully saturated rings. The number of phenolic OH excluding ortho intramolecular Hbond substituents is 2. The summed E-state index contributed by atoms with van der Waals surface area (Å²) in [4.78, 5) is 82.7. The average Bonchev–Trinajstić information content (AvgIpc) is 3.17. The first-order valence-corrected chi connectivity index (χ1v) is 19.0. The summed E-state index contributed by atoms with van der Waals surface area (Å²) in [5.74, 6) is -4.00. The van der Waals surface area contributed by atoms with Gasteiger partial charge < -0.3 is 35.8 Å². The van der Waals surface area contributed by atoms with Gasteiger partial charge in [0.25, 0.3) is 0 Å². The lowest BCUT2D eigenvalue weighted by Gasteiger charge is -2.30. The Kier molecular flexibility index (Phi) is 13.5. The van der Waals surface area contributed by atoms with Crippen LogP contribution in [0.1, 0.15) is 62.8 Å². The Morgan fingerprint density at radius 3 is 2.19 bits per heavy atom. The van der Waals surface area contributed by atoms with Crippen molar-refractivity contribution >= 4 is 46.0 Å². The van der Waals surface area contributed by atoms with Gasteiger partial charge in [0.1, 0.15) is 23.6 Å². The van der Waals surface area contributed by atoms with Crippen LogP contribution in [0.15, 0.2) is 78.9 Å². The molecule has 0 spiro atoms. The molecule has 1 heterocycles. The number of aliphatic hydroxyl groups excluding tert-OH is 1. The molecule has 300 valence electrons. The molecule has 4 bridgehead atoms. The summed E-state index contributed by atoms with van der Waals surface area (Å²) in [5.41, 5.74) is 2.41. The van der Waals surface area contributed by atoms with Crippen LogP contribution < -0.4 is 10.6 Å². The maximum Gasteiger partial charge on any atom is 0.245 e. The van der Waals surface area contributed by atoms with Crippen molar-refractivity contribution in [2.45, 2.75) is 77.0 Å². The van der Waals surface area contributed by atoms with Crippen LogP contribution in [-0.4, -0.2) is 99.1 Å². The summed E-state index contributed by atoms with van der Waals surface area (Å²) in [5, 5.41) is 39.2. The summed E-state index contributed by atoms with van der Waals surface area (Å²) >= 11 is 0. The number of amides is 4. The smallest absolute Gasteiger partial charge is 0.245 e. The normalized spacial score (nSPS) is 18.1. The summed E-state index contributed by atoms with van der Waals surface area (Å²) < 4.78 is 0. The third-order valence-corrected chi connectivity index (χ3v) is 10.6. The van der Waals surface area contributed by atoms with E-state index in [-0.39, 0.29) is 54.7 Å². The Morgan fingerprint density at radius 2 is 1.49 bits per heavy atom. The Labute approximate surface area is 331 Å². The molecule has 1 aliphatic rings. The zero-order valence-electron chi connectivity index (χ0n) is 32.8. The fourth-order valence-electron chi connectivity index (χ4n) is 7.15. The second kappa shape index (κ2) is 18.2. The van der Waals surface area contributed by atoms with Crippen molar-refractivity contribution in [3.63, 3.8) is 0 Å². The first-order chi connectivity index (χ1) is 27.1. The highest BCUT2D eigenvalue weighted by Gasteiger charge is 2.33. The minimum Gasteiger partial charge on any atom is -0.507 e. The SMILES string of the molecule is C[C@@H]1Cc2ccc(O)c(c2)-c2cc(ccc2O)[C@H](N(C)C(=O)CCC(=O)[C@@H](C)NC(=O)[C@@H](CO)N(C)C(=O)Cc2ccc3ccccc3c2)C(=O)C[C@@H](C)C(=O)N1. The van der Waals surface area contributed by atoms with Gasteiger partial charge in [-0.25, -0.2) is 0 Å². The molecule has 0 aliphatic carbocycles. The van der Waals surface area contributed by atoms with E-state index in [4.69, 9.17) is 0 Å².